The Morgan fingerprint density at radius 2 is 1.50 bits per heavy atom. The van der Waals surface area contributed by atoms with Gasteiger partial charge in [0, 0.05) is 38.1 Å². The molecule has 1 aromatic rings. The molecule has 5 nitrogen and oxygen atoms in total. The van der Waals surface area contributed by atoms with Crippen molar-refractivity contribution in [3.8, 4) is 0 Å². The Morgan fingerprint density at radius 3 is 2.08 bits per heavy atom. The molecular formula is C18H34N2O3Si. The zero-order valence-electron chi connectivity index (χ0n) is 15.3. The third kappa shape index (κ3) is 7.87. The molecular weight excluding hydrogens is 320 g/mol. The third-order valence-electron chi connectivity index (χ3n) is 3.48. The molecule has 0 bridgehead atoms. The molecule has 138 valence electrons. The molecule has 24 heavy (non-hydrogen) atoms. The van der Waals surface area contributed by atoms with Crippen molar-refractivity contribution < 1.29 is 13.3 Å². The Labute approximate surface area is 148 Å². The molecule has 0 aliphatic carbocycles. The van der Waals surface area contributed by atoms with E-state index in [4.69, 9.17) is 19.0 Å². The smallest absolute Gasteiger partial charge is 0.370 e. The van der Waals surface area contributed by atoms with Crippen LogP contribution >= 0.6 is 0 Å². The SMILES string of the molecule is CCCO[Si](OCCC)(OCCCCNCCN)c1ccccc1. The Hall–Kier alpha value is -0.763. The lowest BCUT2D eigenvalue weighted by Crippen LogP contribution is -2.57. The molecule has 0 spiro atoms. The first-order chi connectivity index (χ1) is 11.8. The van der Waals surface area contributed by atoms with Crippen LogP contribution in [0.3, 0.4) is 0 Å². The van der Waals surface area contributed by atoms with Crippen LogP contribution in [0.15, 0.2) is 30.3 Å². The van der Waals surface area contributed by atoms with Crippen molar-refractivity contribution in [3.63, 3.8) is 0 Å². The highest BCUT2D eigenvalue weighted by Gasteiger charge is 2.43. The molecule has 0 radical (unpaired) electrons. The van der Waals surface area contributed by atoms with E-state index in [0.717, 1.165) is 44.0 Å². The minimum atomic E-state index is -2.83. The molecule has 3 N–H and O–H groups in total. The minimum absolute atomic E-state index is 0.652. The fourth-order valence-corrected chi connectivity index (χ4v) is 4.99. The highest BCUT2D eigenvalue weighted by atomic mass is 28.4. The van der Waals surface area contributed by atoms with Crippen LogP contribution in [-0.4, -0.2) is 48.3 Å². The quantitative estimate of drug-likeness (QED) is 0.373. The Kier molecular flexibility index (Phi) is 12.0. The van der Waals surface area contributed by atoms with E-state index >= 15 is 0 Å². The molecule has 0 fully saturated rings. The third-order valence-corrected chi connectivity index (χ3v) is 6.27. The number of benzene rings is 1. The first-order valence-electron chi connectivity index (χ1n) is 9.17. The molecule has 6 heteroatoms. The van der Waals surface area contributed by atoms with E-state index in [1.165, 1.54) is 0 Å². The fraction of sp³-hybridized carbons (Fsp3) is 0.667. The van der Waals surface area contributed by atoms with Crippen molar-refractivity contribution >= 4 is 14.0 Å². The van der Waals surface area contributed by atoms with Crippen LogP contribution in [0.5, 0.6) is 0 Å². The van der Waals surface area contributed by atoms with Gasteiger partial charge < -0.3 is 24.3 Å². The average Bonchev–Trinajstić information content (AvgIpc) is 2.63. The second-order valence-corrected chi connectivity index (χ2v) is 8.27. The second-order valence-electron chi connectivity index (χ2n) is 5.71. The van der Waals surface area contributed by atoms with E-state index in [-0.39, 0.29) is 0 Å². The van der Waals surface area contributed by atoms with Crippen LogP contribution < -0.4 is 16.2 Å². The van der Waals surface area contributed by atoms with Gasteiger partial charge in [0.05, 0.1) is 0 Å². The van der Waals surface area contributed by atoms with Gasteiger partial charge in [0.2, 0.25) is 0 Å². The summed E-state index contributed by atoms with van der Waals surface area (Å²) >= 11 is 0. The van der Waals surface area contributed by atoms with Crippen LogP contribution in [0.2, 0.25) is 0 Å². The first kappa shape index (κ1) is 21.3. The molecule has 1 rings (SSSR count). The zero-order valence-corrected chi connectivity index (χ0v) is 16.3. The summed E-state index contributed by atoms with van der Waals surface area (Å²) in [4.78, 5) is 0. The number of hydrogen-bond acceptors (Lipinski definition) is 5. The van der Waals surface area contributed by atoms with Gasteiger partial charge in [0.1, 0.15) is 0 Å². The average molecular weight is 355 g/mol. The Morgan fingerprint density at radius 1 is 0.875 bits per heavy atom. The summed E-state index contributed by atoms with van der Waals surface area (Å²) in [5.41, 5.74) is 5.47. The van der Waals surface area contributed by atoms with Crippen LogP contribution in [0, 0.1) is 0 Å². The van der Waals surface area contributed by atoms with Crippen LogP contribution in [0.1, 0.15) is 39.5 Å². The molecule has 0 aliphatic heterocycles. The van der Waals surface area contributed by atoms with Gasteiger partial charge >= 0.3 is 8.80 Å². The monoisotopic (exact) mass is 354 g/mol. The molecule has 0 saturated heterocycles. The molecule has 0 aliphatic rings. The maximum atomic E-state index is 6.27. The standard InChI is InChI=1S/C18H34N2O3Si/c1-3-15-21-24(22-16-4-2,18-10-6-5-7-11-18)23-17-9-8-13-20-14-12-19/h5-7,10-11,20H,3-4,8-9,12-17,19H2,1-2H3. The maximum Gasteiger partial charge on any atom is 0.537 e. The van der Waals surface area contributed by atoms with E-state index in [0.29, 0.717) is 26.4 Å². The maximum absolute atomic E-state index is 6.27. The van der Waals surface area contributed by atoms with Gasteiger partial charge in [0.15, 0.2) is 0 Å². The lowest BCUT2D eigenvalue weighted by molar-refractivity contribution is 0.0718. The highest BCUT2D eigenvalue weighted by molar-refractivity contribution is 6.75. The summed E-state index contributed by atoms with van der Waals surface area (Å²) in [5, 5.41) is 4.35. The van der Waals surface area contributed by atoms with Gasteiger partial charge in [-0.05, 0) is 32.2 Å². The van der Waals surface area contributed by atoms with E-state index in [1.54, 1.807) is 0 Å². The zero-order chi connectivity index (χ0) is 17.5. The van der Waals surface area contributed by atoms with Crippen molar-refractivity contribution in [2.24, 2.45) is 5.73 Å². The van der Waals surface area contributed by atoms with E-state index in [9.17, 15) is 0 Å². The van der Waals surface area contributed by atoms with Crippen LogP contribution in [-0.2, 0) is 13.3 Å². The normalized spacial score (nSPS) is 11.8. The van der Waals surface area contributed by atoms with Gasteiger partial charge in [-0.25, -0.2) is 0 Å². The molecule has 0 saturated carbocycles. The first-order valence-corrected chi connectivity index (χ1v) is 10.9. The topological polar surface area (TPSA) is 65.7 Å². The van der Waals surface area contributed by atoms with Gasteiger partial charge in [-0.1, -0.05) is 44.2 Å². The summed E-state index contributed by atoms with van der Waals surface area (Å²) in [6.45, 7) is 8.68. The van der Waals surface area contributed by atoms with Gasteiger partial charge in [0.25, 0.3) is 0 Å². The summed E-state index contributed by atoms with van der Waals surface area (Å²) < 4.78 is 18.6. The van der Waals surface area contributed by atoms with Gasteiger partial charge in [-0.2, -0.15) is 0 Å². The van der Waals surface area contributed by atoms with Crippen molar-refractivity contribution in [2.45, 2.75) is 39.5 Å². The number of rotatable bonds is 15. The molecule has 0 atom stereocenters. The predicted molar refractivity (Wildman–Crippen MR) is 101 cm³/mol. The summed E-state index contributed by atoms with van der Waals surface area (Å²) in [6.07, 6.45) is 3.93. The summed E-state index contributed by atoms with van der Waals surface area (Å²) in [5.74, 6) is 0. The molecule has 1 aromatic carbocycles. The van der Waals surface area contributed by atoms with E-state index < -0.39 is 8.80 Å². The van der Waals surface area contributed by atoms with Crippen LogP contribution in [0.4, 0.5) is 0 Å². The Balaban J connectivity index is 2.64. The van der Waals surface area contributed by atoms with E-state index in [2.05, 4.69) is 31.3 Å². The second kappa shape index (κ2) is 13.5. The van der Waals surface area contributed by atoms with Crippen LogP contribution in [0.25, 0.3) is 0 Å². The number of nitrogens with two attached hydrogens (primary N) is 1. The van der Waals surface area contributed by atoms with Crippen molar-refractivity contribution in [2.75, 3.05) is 39.5 Å². The number of nitrogens with one attached hydrogen (secondary N) is 1. The predicted octanol–water partition coefficient (Wildman–Crippen LogP) is 2.03. The lowest BCUT2D eigenvalue weighted by atomic mass is 10.3. The highest BCUT2D eigenvalue weighted by Crippen LogP contribution is 2.13. The number of unbranched alkanes of at least 4 members (excludes halogenated alkanes) is 1. The van der Waals surface area contributed by atoms with Crippen molar-refractivity contribution in [1.82, 2.24) is 5.32 Å². The lowest BCUT2D eigenvalue weighted by Gasteiger charge is -2.30. The molecule has 0 heterocycles. The Bertz CT molecular complexity index is 399. The molecule has 0 amide bonds. The van der Waals surface area contributed by atoms with Crippen molar-refractivity contribution in [3.05, 3.63) is 30.3 Å². The summed E-state index contributed by atoms with van der Waals surface area (Å²) in [6, 6.07) is 10.1. The van der Waals surface area contributed by atoms with E-state index in [1.807, 2.05) is 18.2 Å². The van der Waals surface area contributed by atoms with Crippen molar-refractivity contribution in [1.29, 1.82) is 0 Å². The minimum Gasteiger partial charge on any atom is -0.370 e. The van der Waals surface area contributed by atoms with Gasteiger partial charge in [-0.3, -0.25) is 0 Å². The summed E-state index contributed by atoms with van der Waals surface area (Å²) in [7, 11) is -2.83. The number of hydrogen-bond donors (Lipinski definition) is 2. The molecule has 0 unspecified atom stereocenters. The molecule has 0 aromatic heterocycles. The van der Waals surface area contributed by atoms with Gasteiger partial charge in [-0.15, -0.1) is 0 Å². The largest absolute Gasteiger partial charge is 0.537 e. The fourth-order valence-electron chi connectivity index (χ4n) is 2.28.